The highest BCUT2D eigenvalue weighted by atomic mass is 16.5. The molecule has 1 fully saturated rings. The number of carbonyl (C=O) groups excluding carboxylic acids is 1. The predicted molar refractivity (Wildman–Crippen MR) is 101 cm³/mol. The van der Waals surface area contributed by atoms with Crippen LogP contribution in [0.3, 0.4) is 0 Å². The van der Waals surface area contributed by atoms with Gasteiger partial charge in [0.1, 0.15) is 23.1 Å². The second-order valence-electron chi connectivity index (χ2n) is 6.79. The molecule has 7 heteroatoms. The van der Waals surface area contributed by atoms with Crippen LogP contribution in [0.4, 0.5) is 6.01 Å². The summed E-state index contributed by atoms with van der Waals surface area (Å²) in [4.78, 5) is 17.8. The van der Waals surface area contributed by atoms with Crippen molar-refractivity contribution in [3.8, 4) is 11.5 Å². The Balaban J connectivity index is 1.42. The topological polar surface area (TPSA) is 87.8 Å². The highest BCUT2D eigenvalue weighted by molar-refractivity contribution is 5.77. The number of aromatic hydroxyl groups is 1. The fourth-order valence-electron chi connectivity index (χ4n) is 3.14. The lowest BCUT2D eigenvalue weighted by atomic mass is 10.1. The third-order valence-electron chi connectivity index (χ3n) is 4.56. The molecule has 7 nitrogen and oxygen atoms in total. The normalized spacial score (nSPS) is 15.4. The number of amides is 1. The standard InChI is InChI=1S/C20H21N3O4/c1-12(21-13(2)24)14-6-7-18-19(8-14)27-20(22-18)23-10-17(11-23)26-16-5-3-4-15(25)9-16/h3-9,12,17,25H,10-11H2,1-2H3,(H,21,24). The van der Waals surface area contributed by atoms with E-state index in [4.69, 9.17) is 9.15 Å². The van der Waals surface area contributed by atoms with E-state index in [1.165, 1.54) is 6.92 Å². The molecule has 1 aliphatic rings. The molecule has 2 heterocycles. The Bertz CT molecular complexity index is 978. The van der Waals surface area contributed by atoms with Gasteiger partial charge in [-0.15, -0.1) is 0 Å². The lowest BCUT2D eigenvalue weighted by Gasteiger charge is -2.37. The van der Waals surface area contributed by atoms with Gasteiger partial charge in [-0.2, -0.15) is 4.98 Å². The highest BCUT2D eigenvalue weighted by Gasteiger charge is 2.32. The van der Waals surface area contributed by atoms with Crippen molar-refractivity contribution in [3.05, 3.63) is 48.0 Å². The maximum Gasteiger partial charge on any atom is 0.298 e. The van der Waals surface area contributed by atoms with Gasteiger partial charge in [-0.1, -0.05) is 12.1 Å². The smallest absolute Gasteiger partial charge is 0.298 e. The summed E-state index contributed by atoms with van der Waals surface area (Å²) in [6.45, 7) is 4.76. The summed E-state index contributed by atoms with van der Waals surface area (Å²) in [5.41, 5.74) is 2.44. The first-order valence-electron chi connectivity index (χ1n) is 8.86. The molecule has 0 radical (unpaired) electrons. The minimum absolute atomic E-state index is 0.0252. The summed E-state index contributed by atoms with van der Waals surface area (Å²) in [7, 11) is 0. The van der Waals surface area contributed by atoms with Gasteiger partial charge < -0.3 is 24.5 Å². The molecule has 0 bridgehead atoms. The monoisotopic (exact) mass is 367 g/mol. The van der Waals surface area contributed by atoms with Crippen LogP contribution in [0.1, 0.15) is 25.5 Å². The Morgan fingerprint density at radius 3 is 2.89 bits per heavy atom. The second-order valence-corrected chi connectivity index (χ2v) is 6.79. The van der Waals surface area contributed by atoms with Gasteiger partial charge in [0.05, 0.1) is 19.1 Å². The van der Waals surface area contributed by atoms with E-state index >= 15 is 0 Å². The fraction of sp³-hybridized carbons (Fsp3) is 0.300. The molecule has 1 atom stereocenters. The van der Waals surface area contributed by atoms with Crippen molar-refractivity contribution in [2.24, 2.45) is 0 Å². The number of aromatic nitrogens is 1. The number of hydrogen-bond donors (Lipinski definition) is 2. The summed E-state index contributed by atoms with van der Waals surface area (Å²) in [5.74, 6) is 0.764. The fourth-order valence-corrected chi connectivity index (χ4v) is 3.14. The van der Waals surface area contributed by atoms with Gasteiger partial charge >= 0.3 is 0 Å². The average molecular weight is 367 g/mol. The molecule has 3 aromatic rings. The molecule has 1 aliphatic heterocycles. The van der Waals surface area contributed by atoms with Crippen LogP contribution in [0.5, 0.6) is 11.5 Å². The van der Waals surface area contributed by atoms with E-state index in [2.05, 4.69) is 10.3 Å². The number of phenols is 1. The number of ether oxygens (including phenoxy) is 1. The van der Waals surface area contributed by atoms with Crippen molar-refractivity contribution < 1.29 is 19.1 Å². The van der Waals surface area contributed by atoms with Gasteiger partial charge in [0.2, 0.25) is 5.91 Å². The van der Waals surface area contributed by atoms with Crippen LogP contribution in [-0.2, 0) is 4.79 Å². The molecule has 1 aromatic heterocycles. The molecule has 1 saturated heterocycles. The number of hydrogen-bond acceptors (Lipinski definition) is 6. The van der Waals surface area contributed by atoms with Crippen LogP contribution in [0.2, 0.25) is 0 Å². The van der Waals surface area contributed by atoms with Crippen molar-refractivity contribution in [3.63, 3.8) is 0 Å². The maximum absolute atomic E-state index is 11.2. The summed E-state index contributed by atoms with van der Waals surface area (Å²) < 4.78 is 11.7. The van der Waals surface area contributed by atoms with Crippen LogP contribution >= 0.6 is 0 Å². The van der Waals surface area contributed by atoms with E-state index in [1.807, 2.05) is 36.1 Å². The summed E-state index contributed by atoms with van der Waals surface area (Å²) in [5, 5.41) is 12.4. The van der Waals surface area contributed by atoms with Crippen LogP contribution < -0.4 is 15.0 Å². The van der Waals surface area contributed by atoms with Crippen molar-refractivity contribution in [2.75, 3.05) is 18.0 Å². The number of carbonyl (C=O) groups is 1. The van der Waals surface area contributed by atoms with Gasteiger partial charge in [0.15, 0.2) is 5.58 Å². The van der Waals surface area contributed by atoms with E-state index in [0.717, 1.165) is 11.1 Å². The van der Waals surface area contributed by atoms with Gasteiger partial charge in [-0.3, -0.25) is 4.79 Å². The number of benzene rings is 2. The molecule has 2 N–H and O–H groups in total. The first-order chi connectivity index (χ1) is 13.0. The Morgan fingerprint density at radius 1 is 1.33 bits per heavy atom. The van der Waals surface area contributed by atoms with E-state index < -0.39 is 0 Å². The molecule has 4 rings (SSSR count). The van der Waals surface area contributed by atoms with Gasteiger partial charge in [-0.25, -0.2) is 0 Å². The van der Waals surface area contributed by atoms with E-state index in [-0.39, 0.29) is 23.8 Å². The Hall–Kier alpha value is -3.22. The third-order valence-corrected chi connectivity index (χ3v) is 4.56. The summed E-state index contributed by atoms with van der Waals surface area (Å²) in [6.07, 6.45) is 0.0252. The molecule has 1 unspecified atom stereocenters. The largest absolute Gasteiger partial charge is 0.508 e. The molecule has 140 valence electrons. The zero-order chi connectivity index (χ0) is 19.0. The van der Waals surface area contributed by atoms with Gasteiger partial charge in [0, 0.05) is 13.0 Å². The molecule has 0 aliphatic carbocycles. The zero-order valence-corrected chi connectivity index (χ0v) is 15.2. The molecule has 1 amide bonds. The number of rotatable bonds is 5. The number of anilines is 1. The Morgan fingerprint density at radius 2 is 2.15 bits per heavy atom. The van der Waals surface area contributed by atoms with Crippen LogP contribution in [0.25, 0.3) is 11.1 Å². The predicted octanol–water partition coefficient (Wildman–Crippen LogP) is 3.00. The SMILES string of the molecule is CC(=O)NC(C)c1ccc2nc(N3CC(Oc4cccc(O)c4)C3)oc2c1. The number of nitrogens with one attached hydrogen (secondary N) is 1. The third kappa shape index (κ3) is 3.67. The first-order valence-corrected chi connectivity index (χ1v) is 8.86. The molecule has 2 aromatic carbocycles. The second kappa shape index (κ2) is 6.83. The van der Waals surface area contributed by atoms with E-state index in [9.17, 15) is 9.90 Å². The van der Waals surface area contributed by atoms with Crippen LogP contribution in [0, 0.1) is 0 Å². The number of nitrogens with zero attached hydrogens (tertiary/aromatic N) is 2. The molecule has 0 saturated carbocycles. The highest BCUT2D eigenvalue weighted by Crippen LogP contribution is 2.29. The van der Waals surface area contributed by atoms with Crippen molar-refractivity contribution in [2.45, 2.75) is 26.0 Å². The lowest BCUT2D eigenvalue weighted by molar-refractivity contribution is -0.119. The van der Waals surface area contributed by atoms with E-state index in [0.29, 0.717) is 30.4 Å². The minimum Gasteiger partial charge on any atom is -0.508 e. The minimum atomic E-state index is -0.0930. The van der Waals surface area contributed by atoms with Gasteiger partial charge in [0.25, 0.3) is 6.01 Å². The number of oxazole rings is 1. The first kappa shape index (κ1) is 17.2. The Kier molecular flexibility index (Phi) is 4.35. The molecular formula is C20H21N3O4. The van der Waals surface area contributed by atoms with Crippen LogP contribution in [0.15, 0.2) is 46.9 Å². The lowest BCUT2D eigenvalue weighted by Crippen LogP contribution is -2.54. The molecular weight excluding hydrogens is 346 g/mol. The summed E-state index contributed by atoms with van der Waals surface area (Å²) in [6, 6.07) is 13.0. The van der Waals surface area contributed by atoms with Crippen molar-refractivity contribution >= 4 is 23.0 Å². The van der Waals surface area contributed by atoms with Crippen LogP contribution in [-0.4, -0.2) is 35.2 Å². The zero-order valence-electron chi connectivity index (χ0n) is 15.2. The quantitative estimate of drug-likeness (QED) is 0.721. The number of fused-ring (bicyclic) bond motifs is 1. The summed E-state index contributed by atoms with van der Waals surface area (Å²) >= 11 is 0. The average Bonchev–Trinajstić information content (AvgIpc) is 2.99. The van der Waals surface area contributed by atoms with E-state index in [1.54, 1.807) is 18.2 Å². The van der Waals surface area contributed by atoms with Crippen molar-refractivity contribution in [1.29, 1.82) is 0 Å². The van der Waals surface area contributed by atoms with Crippen molar-refractivity contribution in [1.82, 2.24) is 10.3 Å². The Labute approximate surface area is 156 Å². The molecule has 0 spiro atoms. The van der Waals surface area contributed by atoms with Gasteiger partial charge in [-0.05, 0) is 36.8 Å². The molecule has 27 heavy (non-hydrogen) atoms. The number of phenolic OH excluding ortho intramolecular Hbond substituents is 1. The maximum atomic E-state index is 11.2.